The first-order chi connectivity index (χ1) is 6.91. The first kappa shape index (κ1) is 12.6. The molecule has 0 aliphatic rings. The standard InChI is InChI=1S/C8H5ClF2INO2/c9-6-3(2-5(14)15)1-4(12)13-7(6)8(10)11/h1,8H,2H2,(H,14,15). The monoisotopic (exact) mass is 347 g/mol. The molecule has 1 aromatic heterocycles. The van der Waals surface area contributed by atoms with Gasteiger partial charge in [0.15, 0.2) is 0 Å². The lowest BCUT2D eigenvalue weighted by atomic mass is 10.1. The summed E-state index contributed by atoms with van der Waals surface area (Å²) < 4.78 is 25.2. The van der Waals surface area contributed by atoms with Crippen molar-refractivity contribution in [2.75, 3.05) is 0 Å². The lowest BCUT2D eigenvalue weighted by Crippen LogP contribution is -2.05. The van der Waals surface area contributed by atoms with Crippen LogP contribution in [0.25, 0.3) is 0 Å². The number of carboxylic acid groups (broad SMARTS) is 1. The predicted molar refractivity (Wildman–Crippen MR) is 58.3 cm³/mol. The average Bonchev–Trinajstić information content (AvgIpc) is 2.09. The number of nitrogens with zero attached hydrogens (tertiary/aromatic N) is 1. The van der Waals surface area contributed by atoms with Gasteiger partial charge >= 0.3 is 5.97 Å². The van der Waals surface area contributed by atoms with E-state index < -0.39 is 24.5 Å². The first-order valence-electron chi connectivity index (χ1n) is 3.76. The molecule has 1 N–H and O–H groups in total. The maximum Gasteiger partial charge on any atom is 0.307 e. The Morgan fingerprint density at radius 1 is 1.67 bits per heavy atom. The van der Waals surface area contributed by atoms with Gasteiger partial charge in [-0.15, -0.1) is 0 Å². The van der Waals surface area contributed by atoms with Crippen molar-refractivity contribution in [2.45, 2.75) is 12.8 Å². The molecular weight excluding hydrogens is 342 g/mol. The third kappa shape index (κ3) is 3.23. The Kier molecular flexibility index (Phi) is 4.21. The molecule has 0 fully saturated rings. The van der Waals surface area contributed by atoms with Gasteiger partial charge in [-0.05, 0) is 34.2 Å². The molecule has 0 radical (unpaired) electrons. The predicted octanol–water partition coefficient (Wildman–Crippen LogP) is 2.90. The number of alkyl halides is 2. The largest absolute Gasteiger partial charge is 0.481 e. The minimum atomic E-state index is -2.81. The number of rotatable bonds is 3. The van der Waals surface area contributed by atoms with Gasteiger partial charge in [-0.1, -0.05) is 11.6 Å². The van der Waals surface area contributed by atoms with Crippen molar-refractivity contribution in [3.63, 3.8) is 0 Å². The molecule has 0 aromatic carbocycles. The zero-order valence-corrected chi connectivity index (χ0v) is 10.1. The van der Waals surface area contributed by atoms with Crippen LogP contribution in [0.1, 0.15) is 17.7 Å². The van der Waals surface area contributed by atoms with E-state index in [4.69, 9.17) is 16.7 Å². The zero-order chi connectivity index (χ0) is 11.6. The summed E-state index contributed by atoms with van der Waals surface area (Å²) in [5.74, 6) is -1.13. The van der Waals surface area contributed by atoms with Gasteiger partial charge in [0.05, 0.1) is 11.4 Å². The molecule has 0 atom stereocenters. The topological polar surface area (TPSA) is 50.2 Å². The van der Waals surface area contributed by atoms with Crippen molar-refractivity contribution in [1.29, 1.82) is 0 Å². The second-order valence-corrected chi connectivity index (χ2v) is 4.16. The van der Waals surface area contributed by atoms with Crippen molar-refractivity contribution < 1.29 is 18.7 Å². The minimum absolute atomic E-state index is 0.152. The van der Waals surface area contributed by atoms with E-state index in [1.54, 1.807) is 22.6 Å². The van der Waals surface area contributed by atoms with Crippen LogP contribution < -0.4 is 0 Å². The summed E-state index contributed by atoms with van der Waals surface area (Å²) in [4.78, 5) is 14.0. The smallest absolute Gasteiger partial charge is 0.307 e. The molecule has 0 aliphatic carbocycles. The molecule has 1 rings (SSSR count). The van der Waals surface area contributed by atoms with Gasteiger partial charge in [0, 0.05) is 0 Å². The first-order valence-corrected chi connectivity index (χ1v) is 5.22. The van der Waals surface area contributed by atoms with Crippen LogP contribution in [-0.4, -0.2) is 16.1 Å². The van der Waals surface area contributed by atoms with Crippen molar-refractivity contribution in [3.05, 3.63) is 26.0 Å². The van der Waals surface area contributed by atoms with Crippen molar-refractivity contribution in [2.24, 2.45) is 0 Å². The van der Waals surface area contributed by atoms with E-state index in [1.807, 2.05) is 0 Å². The molecule has 82 valence electrons. The summed E-state index contributed by atoms with van der Waals surface area (Å²) in [5.41, 5.74) is -0.418. The van der Waals surface area contributed by atoms with Gasteiger partial charge in [-0.2, -0.15) is 0 Å². The maximum absolute atomic E-state index is 12.4. The quantitative estimate of drug-likeness (QED) is 0.676. The molecule has 0 saturated carbocycles. The van der Waals surface area contributed by atoms with Gasteiger partial charge in [0.2, 0.25) is 0 Å². The van der Waals surface area contributed by atoms with Gasteiger partial charge < -0.3 is 5.11 Å². The summed E-state index contributed by atoms with van der Waals surface area (Å²) in [6, 6.07) is 1.38. The molecule has 15 heavy (non-hydrogen) atoms. The lowest BCUT2D eigenvalue weighted by Gasteiger charge is -2.07. The molecule has 7 heteroatoms. The van der Waals surface area contributed by atoms with Crippen molar-refractivity contribution in [3.8, 4) is 0 Å². The van der Waals surface area contributed by atoms with E-state index in [9.17, 15) is 13.6 Å². The summed E-state index contributed by atoms with van der Waals surface area (Å²) >= 11 is 7.34. The third-order valence-corrected chi connectivity index (χ3v) is 2.56. The van der Waals surface area contributed by atoms with E-state index in [1.165, 1.54) is 6.07 Å². The third-order valence-electron chi connectivity index (χ3n) is 1.58. The number of hydrogen-bond acceptors (Lipinski definition) is 2. The van der Waals surface area contributed by atoms with Crippen LogP contribution in [0.2, 0.25) is 5.02 Å². The summed E-state index contributed by atoms with van der Waals surface area (Å²) in [7, 11) is 0. The highest BCUT2D eigenvalue weighted by molar-refractivity contribution is 14.1. The normalized spacial score (nSPS) is 10.7. The molecule has 1 heterocycles. The fourth-order valence-electron chi connectivity index (χ4n) is 1.00. The molecule has 0 bridgehead atoms. The molecule has 3 nitrogen and oxygen atoms in total. The molecule has 0 unspecified atom stereocenters. The second-order valence-electron chi connectivity index (χ2n) is 2.67. The van der Waals surface area contributed by atoms with Crippen LogP contribution in [0.4, 0.5) is 8.78 Å². The Hall–Kier alpha value is -0.500. The molecule has 0 spiro atoms. The molecule has 0 saturated heterocycles. The number of carbonyl (C=O) groups is 1. The summed E-state index contributed by atoms with van der Waals surface area (Å²) in [6.07, 6.45) is -3.20. The van der Waals surface area contributed by atoms with E-state index >= 15 is 0 Å². The highest BCUT2D eigenvalue weighted by atomic mass is 127. The highest BCUT2D eigenvalue weighted by Crippen LogP contribution is 2.29. The highest BCUT2D eigenvalue weighted by Gasteiger charge is 2.19. The number of aliphatic carboxylic acids is 1. The van der Waals surface area contributed by atoms with Gasteiger partial charge in [0.1, 0.15) is 9.39 Å². The van der Waals surface area contributed by atoms with Crippen LogP contribution in [0.15, 0.2) is 6.07 Å². The van der Waals surface area contributed by atoms with Crippen LogP contribution in [0.5, 0.6) is 0 Å². The maximum atomic E-state index is 12.4. The number of pyridine rings is 1. The second kappa shape index (κ2) is 5.02. The molecule has 0 aliphatic heterocycles. The Labute approximate surface area is 103 Å². The van der Waals surface area contributed by atoms with Crippen molar-refractivity contribution >= 4 is 40.2 Å². The van der Waals surface area contributed by atoms with Gasteiger partial charge in [-0.3, -0.25) is 4.79 Å². The fourth-order valence-corrected chi connectivity index (χ4v) is 1.89. The molecular formula is C8H5ClF2INO2. The average molecular weight is 347 g/mol. The van der Waals surface area contributed by atoms with E-state index in [0.717, 1.165) is 0 Å². The zero-order valence-electron chi connectivity index (χ0n) is 7.18. The van der Waals surface area contributed by atoms with Crippen LogP contribution in [-0.2, 0) is 11.2 Å². The number of halogens is 4. The van der Waals surface area contributed by atoms with E-state index in [2.05, 4.69) is 4.98 Å². The van der Waals surface area contributed by atoms with Crippen LogP contribution in [0.3, 0.4) is 0 Å². The Balaban J connectivity index is 3.21. The van der Waals surface area contributed by atoms with Crippen LogP contribution in [0, 0.1) is 3.70 Å². The Bertz CT molecular complexity index is 400. The molecule has 1 aromatic rings. The summed E-state index contributed by atoms with van der Waals surface area (Å²) in [6.45, 7) is 0. The number of aromatic nitrogens is 1. The lowest BCUT2D eigenvalue weighted by molar-refractivity contribution is -0.136. The summed E-state index contributed by atoms with van der Waals surface area (Å²) in [5, 5.41) is 8.27. The number of hydrogen-bond donors (Lipinski definition) is 1. The number of carboxylic acids is 1. The van der Waals surface area contributed by atoms with Crippen molar-refractivity contribution in [1.82, 2.24) is 4.98 Å². The minimum Gasteiger partial charge on any atom is -0.481 e. The van der Waals surface area contributed by atoms with Crippen LogP contribution >= 0.6 is 34.2 Å². The fraction of sp³-hybridized carbons (Fsp3) is 0.250. The van der Waals surface area contributed by atoms with Gasteiger partial charge in [-0.25, -0.2) is 13.8 Å². The Morgan fingerprint density at radius 3 is 2.73 bits per heavy atom. The molecule has 0 amide bonds. The SMILES string of the molecule is O=C(O)Cc1cc(I)nc(C(F)F)c1Cl. The Morgan fingerprint density at radius 2 is 2.27 bits per heavy atom. The van der Waals surface area contributed by atoms with E-state index in [-0.39, 0.29) is 10.6 Å². The van der Waals surface area contributed by atoms with Gasteiger partial charge in [0.25, 0.3) is 6.43 Å². The van der Waals surface area contributed by atoms with E-state index in [0.29, 0.717) is 3.70 Å².